The predicted molar refractivity (Wildman–Crippen MR) is 96.5 cm³/mol. The van der Waals surface area contributed by atoms with Crippen molar-refractivity contribution >= 4 is 17.2 Å². The van der Waals surface area contributed by atoms with E-state index in [1.165, 1.54) is 17.7 Å². The molecule has 1 aromatic rings. The van der Waals surface area contributed by atoms with Crippen molar-refractivity contribution in [3.8, 4) is 0 Å². The maximum absolute atomic E-state index is 13.3. The van der Waals surface area contributed by atoms with Gasteiger partial charge in [0.2, 0.25) is 5.91 Å². The van der Waals surface area contributed by atoms with Gasteiger partial charge < -0.3 is 14.4 Å². The van der Waals surface area contributed by atoms with Crippen molar-refractivity contribution in [2.24, 2.45) is 5.92 Å². The summed E-state index contributed by atoms with van der Waals surface area (Å²) >= 11 is 1.75. The Labute approximate surface area is 149 Å². The van der Waals surface area contributed by atoms with Gasteiger partial charge in [0.15, 0.2) is 0 Å². The number of thiophene rings is 1. The van der Waals surface area contributed by atoms with Crippen LogP contribution in [0.3, 0.4) is 0 Å². The molecule has 1 amide bonds. The van der Waals surface area contributed by atoms with Crippen molar-refractivity contribution in [3.63, 3.8) is 0 Å². The van der Waals surface area contributed by atoms with Crippen molar-refractivity contribution in [1.82, 2.24) is 4.90 Å². The lowest BCUT2D eigenvalue weighted by Gasteiger charge is -2.38. The number of likely N-dealkylation sites (tertiary alicyclic amines) is 1. The highest BCUT2D eigenvalue weighted by Gasteiger charge is 2.46. The van der Waals surface area contributed by atoms with Crippen LogP contribution in [0.15, 0.2) is 17.5 Å². The third-order valence-electron chi connectivity index (χ3n) is 5.55. The molecule has 24 heavy (non-hydrogen) atoms. The lowest BCUT2D eigenvalue weighted by atomic mass is 9.82. The van der Waals surface area contributed by atoms with Gasteiger partial charge in [-0.2, -0.15) is 0 Å². The van der Waals surface area contributed by atoms with E-state index in [1.54, 1.807) is 18.4 Å². The summed E-state index contributed by atoms with van der Waals surface area (Å²) in [5, 5.41) is 2.10. The Morgan fingerprint density at radius 3 is 2.67 bits per heavy atom. The summed E-state index contributed by atoms with van der Waals surface area (Å²) in [7, 11) is 1.69. The molecule has 0 spiro atoms. The fourth-order valence-corrected chi connectivity index (χ4v) is 5.07. The van der Waals surface area contributed by atoms with Crippen LogP contribution in [0, 0.1) is 5.92 Å². The molecule has 1 aromatic heterocycles. The first-order valence-electron chi connectivity index (χ1n) is 9.16. The molecule has 4 nitrogen and oxygen atoms in total. The van der Waals surface area contributed by atoms with E-state index in [0.29, 0.717) is 25.0 Å². The summed E-state index contributed by atoms with van der Waals surface area (Å²) in [5.41, 5.74) is -0.226. The maximum Gasteiger partial charge on any atom is 0.234 e. The molecule has 2 fully saturated rings. The Hall–Kier alpha value is -0.910. The Balaban J connectivity index is 1.55. The SMILES string of the molecule is COCCOCC1CCN(C(=O)C2(c3cccs3)CCCC2)CC1. The average molecular weight is 352 g/mol. The molecule has 3 rings (SSSR count). The Bertz CT molecular complexity index is 503. The Morgan fingerprint density at radius 2 is 2.04 bits per heavy atom. The van der Waals surface area contributed by atoms with Crippen LogP contribution in [0.5, 0.6) is 0 Å². The average Bonchev–Trinajstić information content (AvgIpc) is 3.30. The van der Waals surface area contributed by atoms with Crippen LogP contribution in [0.25, 0.3) is 0 Å². The molecule has 1 saturated heterocycles. The third kappa shape index (κ3) is 3.84. The molecular weight excluding hydrogens is 322 g/mol. The number of amides is 1. The summed E-state index contributed by atoms with van der Waals surface area (Å²) in [5.74, 6) is 0.952. The fraction of sp³-hybridized carbons (Fsp3) is 0.737. The topological polar surface area (TPSA) is 38.8 Å². The van der Waals surface area contributed by atoms with E-state index >= 15 is 0 Å². The van der Waals surface area contributed by atoms with Crippen molar-refractivity contribution in [2.75, 3.05) is 40.0 Å². The second kappa shape index (κ2) is 8.45. The monoisotopic (exact) mass is 351 g/mol. The maximum atomic E-state index is 13.3. The summed E-state index contributed by atoms with van der Waals surface area (Å²) < 4.78 is 10.7. The number of methoxy groups -OCH3 is 1. The predicted octanol–water partition coefficient (Wildman–Crippen LogP) is 3.46. The number of rotatable bonds is 7. The van der Waals surface area contributed by atoms with Crippen molar-refractivity contribution in [3.05, 3.63) is 22.4 Å². The highest BCUT2D eigenvalue weighted by atomic mass is 32.1. The number of carbonyl (C=O) groups is 1. The molecular formula is C19H29NO3S. The lowest BCUT2D eigenvalue weighted by Crippen LogP contribution is -2.48. The van der Waals surface area contributed by atoms with Gasteiger partial charge in [-0.3, -0.25) is 4.79 Å². The minimum absolute atomic E-state index is 0.226. The van der Waals surface area contributed by atoms with Gasteiger partial charge in [0.25, 0.3) is 0 Å². The minimum Gasteiger partial charge on any atom is -0.382 e. The number of piperidine rings is 1. The molecule has 0 aromatic carbocycles. The summed E-state index contributed by atoms with van der Waals surface area (Å²) in [6.07, 6.45) is 6.50. The summed E-state index contributed by atoms with van der Waals surface area (Å²) in [6, 6.07) is 4.24. The second-order valence-corrected chi connectivity index (χ2v) is 8.02. The number of nitrogens with zero attached hydrogens (tertiary/aromatic N) is 1. The summed E-state index contributed by atoms with van der Waals surface area (Å²) in [4.78, 5) is 16.7. The van der Waals surface area contributed by atoms with Gasteiger partial charge >= 0.3 is 0 Å². The largest absolute Gasteiger partial charge is 0.382 e. The Kier molecular flexibility index (Phi) is 6.31. The lowest BCUT2D eigenvalue weighted by molar-refractivity contribution is -0.139. The van der Waals surface area contributed by atoms with Gasteiger partial charge in [0.1, 0.15) is 0 Å². The van der Waals surface area contributed by atoms with E-state index in [0.717, 1.165) is 45.4 Å². The first-order valence-corrected chi connectivity index (χ1v) is 10.0. The molecule has 1 saturated carbocycles. The summed E-state index contributed by atoms with van der Waals surface area (Å²) in [6.45, 7) is 3.87. The molecule has 2 aliphatic rings. The van der Waals surface area contributed by atoms with Crippen LogP contribution >= 0.6 is 11.3 Å². The number of carbonyl (C=O) groups excluding carboxylic acids is 1. The molecule has 0 unspecified atom stereocenters. The quantitative estimate of drug-likeness (QED) is 0.706. The van der Waals surface area contributed by atoms with Crippen LogP contribution in [0.4, 0.5) is 0 Å². The highest BCUT2D eigenvalue weighted by molar-refractivity contribution is 7.10. The van der Waals surface area contributed by atoms with E-state index in [4.69, 9.17) is 9.47 Å². The van der Waals surface area contributed by atoms with E-state index in [-0.39, 0.29) is 5.41 Å². The van der Waals surface area contributed by atoms with Crippen LogP contribution in [-0.2, 0) is 19.7 Å². The van der Waals surface area contributed by atoms with Gasteiger partial charge in [-0.15, -0.1) is 11.3 Å². The molecule has 5 heteroatoms. The molecule has 0 bridgehead atoms. The zero-order valence-electron chi connectivity index (χ0n) is 14.7. The third-order valence-corrected chi connectivity index (χ3v) is 6.62. The van der Waals surface area contributed by atoms with Gasteiger partial charge in [0, 0.05) is 31.7 Å². The van der Waals surface area contributed by atoms with Gasteiger partial charge in [-0.1, -0.05) is 18.9 Å². The van der Waals surface area contributed by atoms with E-state index in [1.807, 2.05) is 0 Å². The molecule has 0 atom stereocenters. The van der Waals surface area contributed by atoms with Crippen molar-refractivity contribution in [1.29, 1.82) is 0 Å². The standard InChI is InChI=1S/C19H29NO3S/c1-22-12-13-23-15-16-6-10-20(11-7-16)18(21)19(8-2-3-9-19)17-5-4-14-24-17/h4-5,14,16H,2-3,6-13,15H2,1H3. The van der Waals surface area contributed by atoms with Crippen molar-refractivity contribution in [2.45, 2.75) is 43.9 Å². The van der Waals surface area contributed by atoms with Gasteiger partial charge in [-0.25, -0.2) is 0 Å². The zero-order chi connectivity index (χ0) is 16.8. The van der Waals surface area contributed by atoms with Crippen LogP contribution in [0.2, 0.25) is 0 Å². The molecule has 1 aliphatic heterocycles. The van der Waals surface area contributed by atoms with Crippen LogP contribution < -0.4 is 0 Å². The fourth-order valence-electron chi connectivity index (χ4n) is 4.09. The van der Waals surface area contributed by atoms with E-state index in [9.17, 15) is 4.79 Å². The molecule has 2 heterocycles. The normalized spacial score (nSPS) is 21.3. The van der Waals surface area contributed by atoms with E-state index < -0.39 is 0 Å². The number of hydrogen-bond acceptors (Lipinski definition) is 4. The van der Waals surface area contributed by atoms with E-state index in [2.05, 4.69) is 22.4 Å². The first-order chi connectivity index (χ1) is 11.8. The number of ether oxygens (including phenoxy) is 2. The minimum atomic E-state index is -0.226. The molecule has 0 radical (unpaired) electrons. The second-order valence-electron chi connectivity index (χ2n) is 7.07. The zero-order valence-corrected chi connectivity index (χ0v) is 15.5. The van der Waals surface area contributed by atoms with Crippen LogP contribution in [0.1, 0.15) is 43.4 Å². The number of hydrogen-bond donors (Lipinski definition) is 0. The smallest absolute Gasteiger partial charge is 0.234 e. The molecule has 134 valence electrons. The van der Waals surface area contributed by atoms with Gasteiger partial charge in [0.05, 0.1) is 18.6 Å². The van der Waals surface area contributed by atoms with Crippen molar-refractivity contribution < 1.29 is 14.3 Å². The first kappa shape index (κ1) is 17.9. The molecule has 0 N–H and O–H groups in total. The van der Waals surface area contributed by atoms with Gasteiger partial charge in [-0.05, 0) is 43.0 Å². The molecule has 1 aliphatic carbocycles. The Morgan fingerprint density at radius 1 is 1.29 bits per heavy atom. The highest BCUT2D eigenvalue weighted by Crippen LogP contribution is 2.44. The van der Waals surface area contributed by atoms with Crippen LogP contribution in [-0.4, -0.2) is 50.8 Å².